The van der Waals surface area contributed by atoms with Crippen molar-refractivity contribution in [3.05, 3.63) is 51.5 Å². The molecule has 0 aliphatic rings. The quantitative estimate of drug-likeness (QED) is 0.907. The maximum atomic E-state index is 12.7. The Labute approximate surface area is 126 Å². The molecule has 0 saturated heterocycles. The second kappa shape index (κ2) is 6.58. The molecular weight excluding hydrogens is 297 g/mol. The average molecular weight is 314 g/mol. The van der Waals surface area contributed by atoms with Crippen LogP contribution in [-0.2, 0) is 19.0 Å². The predicted molar refractivity (Wildman–Crippen MR) is 78.6 cm³/mol. The Hall–Kier alpha value is -1.40. The van der Waals surface area contributed by atoms with Gasteiger partial charge >= 0.3 is 6.18 Å². The van der Waals surface area contributed by atoms with Gasteiger partial charge in [0.2, 0.25) is 0 Å². The maximum Gasteiger partial charge on any atom is 0.416 e. The van der Waals surface area contributed by atoms with Gasteiger partial charge in [-0.3, -0.25) is 0 Å². The molecule has 1 aromatic heterocycles. The van der Waals surface area contributed by atoms with Gasteiger partial charge in [-0.1, -0.05) is 18.2 Å². The van der Waals surface area contributed by atoms with Crippen LogP contribution in [-0.4, -0.2) is 18.1 Å². The molecule has 1 aromatic carbocycles. The van der Waals surface area contributed by atoms with Crippen molar-refractivity contribution in [2.75, 3.05) is 7.05 Å². The van der Waals surface area contributed by atoms with E-state index in [9.17, 15) is 13.2 Å². The summed E-state index contributed by atoms with van der Waals surface area (Å²) >= 11 is 1.58. The largest absolute Gasteiger partial charge is 0.416 e. The van der Waals surface area contributed by atoms with Crippen LogP contribution in [0.25, 0.3) is 0 Å². The molecule has 2 nitrogen and oxygen atoms in total. The molecule has 0 aliphatic heterocycles. The van der Waals surface area contributed by atoms with Crippen LogP contribution < -0.4 is 5.32 Å². The highest BCUT2D eigenvalue weighted by atomic mass is 32.1. The molecule has 1 N–H and O–H groups in total. The molecule has 2 rings (SSSR count). The molecule has 21 heavy (non-hydrogen) atoms. The predicted octanol–water partition coefficient (Wildman–Crippen LogP) is 3.84. The zero-order valence-corrected chi connectivity index (χ0v) is 12.7. The van der Waals surface area contributed by atoms with Crippen LogP contribution in [0.2, 0.25) is 0 Å². The van der Waals surface area contributed by atoms with Crippen molar-refractivity contribution in [1.29, 1.82) is 0 Å². The minimum Gasteiger partial charge on any atom is -0.316 e. The number of likely N-dealkylation sites (N-methyl/N-ethyl adjacent to an activating group) is 1. The SMILES string of the molecule is CNC(Cc1cccc(C(F)(F)F)c1)Cc1nc(C)cs1. The highest BCUT2D eigenvalue weighted by Gasteiger charge is 2.30. The monoisotopic (exact) mass is 314 g/mol. The molecule has 1 atom stereocenters. The number of nitrogens with one attached hydrogen (secondary N) is 1. The lowest BCUT2D eigenvalue weighted by Gasteiger charge is -2.16. The van der Waals surface area contributed by atoms with Crippen LogP contribution in [0.15, 0.2) is 29.6 Å². The zero-order chi connectivity index (χ0) is 15.5. The van der Waals surface area contributed by atoms with Crippen molar-refractivity contribution in [2.24, 2.45) is 0 Å². The second-order valence-electron chi connectivity index (χ2n) is 4.97. The van der Waals surface area contributed by atoms with Crippen LogP contribution in [0.4, 0.5) is 13.2 Å². The van der Waals surface area contributed by atoms with Crippen molar-refractivity contribution < 1.29 is 13.2 Å². The Morgan fingerprint density at radius 3 is 2.62 bits per heavy atom. The van der Waals surface area contributed by atoms with Gasteiger partial charge < -0.3 is 5.32 Å². The summed E-state index contributed by atoms with van der Waals surface area (Å²) in [4.78, 5) is 4.40. The van der Waals surface area contributed by atoms with Gasteiger partial charge in [0.05, 0.1) is 10.6 Å². The molecule has 114 valence electrons. The first-order valence-corrected chi connectivity index (χ1v) is 7.51. The number of nitrogens with zero attached hydrogens (tertiary/aromatic N) is 1. The third-order valence-electron chi connectivity index (χ3n) is 3.23. The molecule has 1 heterocycles. The number of aryl methyl sites for hydroxylation is 1. The van der Waals surface area contributed by atoms with Crippen molar-refractivity contribution in [1.82, 2.24) is 10.3 Å². The number of rotatable bonds is 5. The molecule has 0 fully saturated rings. The van der Waals surface area contributed by atoms with E-state index in [0.29, 0.717) is 18.4 Å². The Bertz CT molecular complexity index is 593. The molecular formula is C15H17F3N2S. The number of thiazole rings is 1. The molecule has 1 unspecified atom stereocenters. The molecule has 2 aromatic rings. The molecule has 0 saturated carbocycles. The van der Waals surface area contributed by atoms with Crippen LogP contribution in [0, 0.1) is 6.92 Å². The zero-order valence-electron chi connectivity index (χ0n) is 11.9. The lowest BCUT2D eigenvalue weighted by atomic mass is 10.0. The van der Waals surface area contributed by atoms with E-state index < -0.39 is 11.7 Å². The Balaban J connectivity index is 2.08. The lowest BCUT2D eigenvalue weighted by Crippen LogP contribution is -2.30. The van der Waals surface area contributed by atoms with E-state index in [1.807, 2.05) is 19.4 Å². The highest BCUT2D eigenvalue weighted by Crippen LogP contribution is 2.29. The highest BCUT2D eigenvalue weighted by molar-refractivity contribution is 7.09. The fourth-order valence-electron chi connectivity index (χ4n) is 2.14. The van der Waals surface area contributed by atoms with Crippen molar-refractivity contribution >= 4 is 11.3 Å². The smallest absolute Gasteiger partial charge is 0.316 e. The fourth-order valence-corrected chi connectivity index (χ4v) is 3.00. The first kappa shape index (κ1) is 16.0. The van der Waals surface area contributed by atoms with Gasteiger partial charge in [0.25, 0.3) is 0 Å². The van der Waals surface area contributed by atoms with Gasteiger partial charge in [-0.2, -0.15) is 13.2 Å². The van der Waals surface area contributed by atoms with Gasteiger partial charge in [-0.15, -0.1) is 11.3 Å². The third kappa shape index (κ3) is 4.54. The number of hydrogen-bond donors (Lipinski definition) is 1. The van der Waals surface area contributed by atoms with Crippen molar-refractivity contribution in [3.63, 3.8) is 0 Å². The standard InChI is InChI=1S/C15H17F3N2S/c1-10-9-21-14(20-10)8-13(19-2)7-11-4-3-5-12(6-11)15(16,17)18/h3-6,9,13,19H,7-8H2,1-2H3. The van der Waals surface area contributed by atoms with E-state index in [-0.39, 0.29) is 6.04 Å². The summed E-state index contributed by atoms with van der Waals surface area (Å²) in [5.41, 5.74) is 1.06. The number of aromatic nitrogens is 1. The fraction of sp³-hybridized carbons (Fsp3) is 0.400. The van der Waals surface area contributed by atoms with Crippen LogP contribution in [0.5, 0.6) is 0 Å². The average Bonchev–Trinajstić information content (AvgIpc) is 2.83. The summed E-state index contributed by atoms with van der Waals surface area (Å²) < 4.78 is 38.1. The number of hydrogen-bond acceptors (Lipinski definition) is 3. The van der Waals surface area contributed by atoms with Gasteiger partial charge in [-0.25, -0.2) is 4.98 Å². The van der Waals surface area contributed by atoms with Crippen LogP contribution in [0.3, 0.4) is 0 Å². The van der Waals surface area contributed by atoms with E-state index in [1.165, 1.54) is 12.1 Å². The molecule has 6 heteroatoms. The summed E-state index contributed by atoms with van der Waals surface area (Å²) in [5.74, 6) is 0. The Morgan fingerprint density at radius 1 is 1.29 bits per heavy atom. The van der Waals surface area contributed by atoms with Crippen LogP contribution >= 0.6 is 11.3 Å². The third-order valence-corrected chi connectivity index (χ3v) is 4.22. The topological polar surface area (TPSA) is 24.9 Å². The minimum absolute atomic E-state index is 0.0685. The first-order chi connectivity index (χ1) is 9.88. The first-order valence-electron chi connectivity index (χ1n) is 6.63. The Morgan fingerprint density at radius 2 is 2.05 bits per heavy atom. The normalized spacial score (nSPS) is 13.4. The second-order valence-corrected chi connectivity index (χ2v) is 5.92. The van der Waals surface area contributed by atoms with E-state index in [4.69, 9.17) is 0 Å². The Kier molecular flexibility index (Phi) is 5.00. The summed E-state index contributed by atoms with van der Waals surface area (Å²) in [5, 5.41) is 6.13. The summed E-state index contributed by atoms with van der Waals surface area (Å²) in [7, 11) is 1.82. The van der Waals surface area contributed by atoms with Crippen molar-refractivity contribution in [2.45, 2.75) is 32.0 Å². The minimum atomic E-state index is -4.29. The van der Waals surface area contributed by atoms with Crippen LogP contribution in [0.1, 0.15) is 21.8 Å². The summed E-state index contributed by atoms with van der Waals surface area (Å²) in [6, 6.07) is 5.57. The van der Waals surface area contributed by atoms with Gasteiger partial charge in [-0.05, 0) is 32.0 Å². The molecule has 0 amide bonds. The van der Waals surface area contributed by atoms with Gasteiger partial charge in [0.15, 0.2) is 0 Å². The summed E-state index contributed by atoms with van der Waals surface area (Å²) in [6.45, 7) is 1.93. The van der Waals surface area contributed by atoms with Gasteiger partial charge in [0.1, 0.15) is 0 Å². The number of alkyl halides is 3. The van der Waals surface area contributed by atoms with E-state index >= 15 is 0 Å². The summed E-state index contributed by atoms with van der Waals surface area (Å²) in [6.07, 6.45) is -3.04. The van der Waals surface area contributed by atoms with Crippen molar-refractivity contribution in [3.8, 4) is 0 Å². The van der Waals surface area contributed by atoms with E-state index in [1.54, 1.807) is 17.4 Å². The van der Waals surface area contributed by atoms with E-state index in [2.05, 4.69) is 10.3 Å². The van der Waals surface area contributed by atoms with E-state index in [0.717, 1.165) is 16.8 Å². The molecule has 0 radical (unpaired) electrons. The number of benzene rings is 1. The molecule has 0 bridgehead atoms. The molecule has 0 aliphatic carbocycles. The molecule has 0 spiro atoms. The maximum absolute atomic E-state index is 12.7. The number of halogens is 3. The van der Waals surface area contributed by atoms with Gasteiger partial charge in [0, 0.05) is 23.5 Å². The lowest BCUT2D eigenvalue weighted by molar-refractivity contribution is -0.137.